The third-order valence-corrected chi connectivity index (χ3v) is 11.3. The largest absolute Gasteiger partial charge is 0.395 e. The van der Waals surface area contributed by atoms with Crippen molar-refractivity contribution in [3.8, 4) is 0 Å². The van der Waals surface area contributed by atoms with Crippen LogP contribution in [0.4, 0.5) is 0 Å². The first-order chi connectivity index (χ1) is 14.8. The average Bonchev–Trinajstić information content (AvgIpc) is 3.10. The molecule has 9 atom stereocenters. The van der Waals surface area contributed by atoms with Gasteiger partial charge < -0.3 is 10.2 Å². The van der Waals surface area contributed by atoms with Gasteiger partial charge in [0.2, 0.25) is 0 Å². The van der Waals surface area contributed by atoms with Crippen LogP contribution < -0.4 is 0 Å². The van der Waals surface area contributed by atoms with Gasteiger partial charge in [0.15, 0.2) is 0 Å². The fraction of sp³-hybridized carbons (Fsp3) is 0.931. The Morgan fingerprint density at radius 1 is 1.03 bits per heavy atom. The van der Waals surface area contributed by atoms with E-state index in [0.717, 1.165) is 54.8 Å². The zero-order chi connectivity index (χ0) is 22.4. The lowest BCUT2D eigenvalue weighted by atomic mass is 9.46. The van der Waals surface area contributed by atoms with Crippen molar-refractivity contribution < 1.29 is 10.2 Å². The summed E-state index contributed by atoms with van der Waals surface area (Å²) in [7, 11) is 0. The molecule has 2 nitrogen and oxygen atoms in total. The molecule has 4 aliphatic carbocycles. The van der Waals surface area contributed by atoms with Crippen molar-refractivity contribution in [2.75, 3.05) is 6.61 Å². The first-order valence-corrected chi connectivity index (χ1v) is 13.7. The van der Waals surface area contributed by atoms with E-state index in [-0.39, 0.29) is 11.5 Å². The monoisotopic (exact) mass is 430 g/mol. The van der Waals surface area contributed by atoms with E-state index < -0.39 is 0 Å². The fourth-order valence-corrected chi connectivity index (χ4v) is 9.39. The Morgan fingerprint density at radius 3 is 2.48 bits per heavy atom. The summed E-state index contributed by atoms with van der Waals surface area (Å²) in [6.45, 7) is 12.7. The maximum atomic E-state index is 10.6. The van der Waals surface area contributed by atoms with E-state index in [2.05, 4.69) is 40.7 Å². The molecule has 0 aromatic carbocycles. The number of hydrogen-bond acceptors (Lipinski definition) is 2. The summed E-state index contributed by atoms with van der Waals surface area (Å²) in [6, 6.07) is 0. The minimum absolute atomic E-state index is 0.0151. The van der Waals surface area contributed by atoms with Gasteiger partial charge in [0.25, 0.3) is 0 Å². The van der Waals surface area contributed by atoms with Gasteiger partial charge in [-0.1, -0.05) is 59.1 Å². The summed E-state index contributed by atoms with van der Waals surface area (Å²) >= 11 is 0. The first-order valence-electron chi connectivity index (χ1n) is 13.7. The third kappa shape index (κ3) is 3.96. The fourth-order valence-electron chi connectivity index (χ4n) is 9.39. The zero-order valence-electron chi connectivity index (χ0n) is 21.1. The van der Waals surface area contributed by atoms with Gasteiger partial charge in [0, 0.05) is 5.41 Å². The van der Waals surface area contributed by atoms with Gasteiger partial charge in [-0.25, -0.2) is 0 Å². The Bertz CT molecular complexity index is 653. The van der Waals surface area contributed by atoms with Crippen molar-refractivity contribution >= 4 is 0 Å². The van der Waals surface area contributed by atoms with E-state index in [1.165, 1.54) is 56.9 Å². The molecular weight excluding hydrogens is 380 g/mol. The van der Waals surface area contributed by atoms with Gasteiger partial charge in [-0.05, 0) is 105 Å². The number of aliphatic hydroxyl groups is 2. The molecule has 0 radical (unpaired) electrons. The second-order valence-electron chi connectivity index (χ2n) is 12.7. The topological polar surface area (TPSA) is 40.5 Å². The second-order valence-corrected chi connectivity index (χ2v) is 12.7. The maximum Gasteiger partial charge on any atom is 0.0577 e. The van der Waals surface area contributed by atoms with Crippen LogP contribution in [0.5, 0.6) is 0 Å². The predicted octanol–water partition coefficient (Wildman–Crippen LogP) is 7.00. The second kappa shape index (κ2) is 9.13. The Balaban J connectivity index is 1.50. The number of rotatable bonds is 7. The summed E-state index contributed by atoms with van der Waals surface area (Å²) < 4.78 is 0. The zero-order valence-corrected chi connectivity index (χ0v) is 21.1. The molecule has 2 heteroatoms. The summed E-state index contributed by atoms with van der Waals surface area (Å²) in [5.41, 5.74) is 1.88. The van der Waals surface area contributed by atoms with Gasteiger partial charge in [-0.15, -0.1) is 0 Å². The summed E-state index contributed by atoms with van der Waals surface area (Å²) in [5, 5.41) is 20.9. The summed E-state index contributed by atoms with van der Waals surface area (Å²) in [6.07, 6.45) is 15.7. The van der Waals surface area contributed by atoms with Crippen LogP contribution in [0, 0.1) is 52.3 Å². The number of aliphatic hydroxyl groups excluding tert-OH is 2. The molecule has 0 heterocycles. The Hall–Kier alpha value is -0.340. The summed E-state index contributed by atoms with van der Waals surface area (Å²) in [5.74, 6) is 5.64. The minimum atomic E-state index is -0.189. The van der Waals surface area contributed by atoms with Crippen LogP contribution in [0.2, 0.25) is 0 Å². The van der Waals surface area contributed by atoms with Crippen molar-refractivity contribution in [1.82, 2.24) is 0 Å². The Labute approximate surface area is 192 Å². The van der Waals surface area contributed by atoms with Crippen LogP contribution in [-0.2, 0) is 0 Å². The number of hydrogen-bond donors (Lipinski definition) is 2. The van der Waals surface area contributed by atoms with Crippen LogP contribution in [0.15, 0.2) is 11.6 Å². The molecule has 3 saturated carbocycles. The quantitative estimate of drug-likeness (QED) is 0.427. The van der Waals surface area contributed by atoms with Gasteiger partial charge in [-0.2, -0.15) is 0 Å². The highest BCUT2D eigenvalue weighted by Crippen LogP contribution is 2.67. The lowest BCUT2D eigenvalue weighted by Gasteiger charge is -2.59. The van der Waals surface area contributed by atoms with Crippen molar-refractivity contribution in [3.05, 3.63) is 11.6 Å². The van der Waals surface area contributed by atoms with Gasteiger partial charge in [0.1, 0.15) is 0 Å². The molecule has 3 fully saturated rings. The minimum Gasteiger partial charge on any atom is -0.395 e. The molecule has 178 valence electrons. The van der Waals surface area contributed by atoms with E-state index in [1.807, 2.05) is 0 Å². The summed E-state index contributed by atoms with van der Waals surface area (Å²) in [4.78, 5) is 0. The highest BCUT2D eigenvalue weighted by atomic mass is 16.3. The molecule has 4 aliphatic rings. The molecule has 0 saturated heterocycles. The van der Waals surface area contributed by atoms with Gasteiger partial charge in [-0.3, -0.25) is 0 Å². The SMILES string of the molecule is CC[C@@H](CC[C@@H](C)[C@H]1CC[C@H]2[C@@H]3CC=C4C[C@@H](O)CC[C@]4(CO)[C@H]3CC[C@]12C)C(C)C. The van der Waals surface area contributed by atoms with Crippen molar-refractivity contribution in [2.45, 2.75) is 111 Å². The van der Waals surface area contributed by atoms with Gasteiger partial charge in [0.05, 0.1) is 12.7 Å². The lowest BCUT2D eigenvalue weighted by molar-refractivity contribution is -0.0797. The average molecular weight is 431 g/mol. The molecule has 0 spiro atoms. The van der Waals surface area contributed by atoms with Crippen molar-refractivity contribution in [1.29, 1.82) is 0 Å². The van der Waals surface area contributed by atoms with Crippen LogP contribution in [0.1, 0.15) is 105 Å². The van der Waals surface area contributed by atoms with Crippen molar-refractivity contribution in [3.63, 3.8) is 0 Å². The first kappa shape index (κ1) is 23.8. The van der Waals surface area contributed by atoms with E-state index in [1.54, 1.807) is 0 Å². The normalized spacial score (nSPS) is 44.3. The third-order valence-electron chi connectivity index (χ3n) is 11.3. The lowest BCUT2D eigenvalue weighted by Crippen LogP contribution is -2.53. The van der Waals surface area contributed by atoms with E-state index in [4.69, 9.17) is 0 Å². The van der Waals surface area contributed by atoms with Crippen LogP contribution in [0.25, 0.3) is 0 Å². The molecule has 0 unspecified atom stereocenters. The molecule has 2 N–H and O–H groups in total. The van der Waals surface area contributed by atoms with Crippen LogP contribution >= 0.6 is 0 Å². The highest BCUT2D eigenvalue weighted by molar-refractivity contribution is 5.26. The van der Waals surface area contributed by atoms with Gasteiger partial charge >= 0.3 is 0 Å². The number of fused-ring (bicyclic) bond motifs is 5. The molecule has 0 amide bonds. The predicted molar refractivity (Wildman–Crippen MR) is 130 cm³/mol. The molecule has 0 aromatic heterocycles. The molecular formula is C29H50O2. The Morgan fingerprint density at radius 2 is 1.81 bits per heavy atom. The molecule has 31 heavy (non-hydrogen) atoms. The highest BCUT2D eigenvalue weighted by Gasteiger charge is 2.60. The van der Waals surface area contributed by atoms with Crippen molar-refractivity contribution in [2.24, 2.45) is 52.3 Å². The maximum absolute atomic E-state index is 10.6. The molecule has 0 bridgehead atoms. The smallest absolute Gasteiger partial charge is 0.0577 e. The van der Waals surface area contributed by atoms with E-state index in [0.29, 0.717) is 17.9 Å². The van der Waals surface area contributed by atoms with Crippen LogP contribution in [0.3, 0.4) is 0 Å². The van der Waals surface area contributed by atoms with E-state index >= 15 is 0 Å². The molecule has 0 aromatic rings. The number of allylic oxidation sites excluding steroid dienone is 1. The standard InChI is InChI=1S/C29H50O2/c1-6-21(19(2)3)8-7-20(4)25-11-12-26-24-10-9-22-17-23(31)13-16-29(22,18-30)27(24)14-15-28(25,26)5/h9,19-21,23-27,30-31H,6-8,10-18H2,1-5H3/t20-,21+,23+,24+,25-,26+,27+,28-,29-/m1/s1. The van der Waals surface area contributed by atoms with Crippen LogP contribution in [-0.4, -0.2) is 22.9 Å². The molecule has 0 aliphatic heterocycles. The molecule has 4 rings (SSSR count). The Kier molecular flexibility index (Phi) is 7.01. The van der Waals surface area contributed by atoms with E-state index in [9.17, 15) is 10.2 Å².